The first kappa shape index (κ1) is 18.1. The van der Waals surface area contributed by atoms with Gasteiger partial charge in [-0.2, -0.15) is 0 Å². The molecular formula is C20H24ClN4O2+. The van der Waals surface area contributed by atoms with Gasteiger partial charge in [-0.05, 0) is 44.5 Å². The number of rotatable bonds is 4. The van der Waals surface area contributed by atoms with Gasteiger partial charge in [0, 0.05) is 10.7 Å². The zero-order chi connectivity index (χ0) is 19.0. The zero-order valence-electron chi connectivity index (χ0n) is 15.9. The standard InChI is InChI=1S/C20H23ClN4O2/c1-13-4-5-16(21)11-18(13)25-8-6-24(7-9-25)12-19-22-23-20(27-19)17-10-14(2)26-15(17)3/h4-5,10-11H,6-9,12H2,1-3H3/p+1. The summed E-state index contributed by atoms with van der Waals surface area (Å²) in [6, 6.07) is 8.02. The van der Waals surface area contributed by atoms with E-state index in [2.05, 4.69) is 34.2 Å². The van der Waals surface area contributed by atoms with Crippen LogP contribution in [0.5, 0.6) is 0 Å². The van der Waals surface area contributed by atoms with Gasteiger partial charge in [0.15, 0.2) is 6.54 Å². The number of piperazine rings is 1. The van der Waals surface area contributed by atoms with Crippen LogP contribution in [-0.4, -0.2) is 36.4 Å². The van der Waals surface area contributed by atoms with E-state index in [1.54, 1.807) is 0 Å². The first-order valence-electron chi connectivity index (χ1n) is 9.24. The third kappa shape index (κ3) is 3.87. The van der Waals surface area contributed by atoms with Gasteiger partial charge in [0.1, 0.15) is 11.5 Å². The molecule has 0 saturated carbocycles. The molecule has 1 saturated heterocycles. The molecular weight excluding hydrogens is 364 g/mol. The molecule has 1 N–H and O–H groups in total. The van der Waals surface area contributed by atoms with Crippen molar-refractivity contribution < 1.29 is 13.7 Å². The number of anilines is 1. The molecule has 1 aliphatic heterocycles. The largest absolute Gasteiger partial charge is 0.466 e. The quantitative estimate of drug-likeness (QED) is 0.746. The number of aryl methyl sites for hydroxylation is 3. The van der Waals surface area contributed by atoms with Gasteiger partial charge in [0.05, 0.1) is 31.7 Å². The number of hydrogen-bond acceptors (Lipinski definition) is 5. The van der Waals surface area contributed by atoms with Gasteiger partial charge in [0.2, 0.25) is 0 Å². The van der Waals surface area contributed by atoms with Crippen molar-refractivity contribution in [1.29, 1.82) is 0 Å². The Balaban J connectivity index is 1.38. The van der Waals surface area contributed by atoms with Gasteiger partial charge >= 0.3 is 0 Å². The van der Waals surface area contributed by atoms with Crippen LogP contribution in [0.1, 0.15) is 23.0 Å². The predicted molar refractivity (Wildman–Crippen MR) is 104 cm³/mol. The van der Waals surface area contributed by atoms with Crippen molar-refractivity contribution in [3.63, 3.8) is 0 Å². The molecule has 4 rings (SSSR count). The van der Waals surface area contributed by atoms with Crippen molar-refractivity contribution in [1.82, 2.24) is 10.2 Å². The number of halogens is 1. The van der Waals surface area contributed by atoms with Crippen LogP contribution < -0.4 is 9.80 Å². The van der Waals surface area contributed by atoms with Crippen molar-refractivity contribution in [2.45, 2.75) is 27.3 Å². The van der Waals surface area contributed by atoms with Crippen LogP contribution in [0.25, 0.3) is 11.5 Å². The molecule has 1 aromatic carbocycles. The lowest BCUT2D eigenvalue weighted by Gasteiger charge is -2.34. The van der Waals surface area contributed by atoms with E-state index >= 15 is 0 Å². The summed E-state index contributed by atoms with van der Waals surface area (Å²) in [6.07, 6.45) is 0. The Hall–Kier alpha value is -2.31. The summed E-state index contributed by atoms with van der Waals surface area (Å²) < 4.78 is 11.4. The molecule has 1 aliphatic rings. The molecule has 0 aliphatic carbocycles. The second-order valence-electron chi connectivity index (χ2n) is 7.17. The lowest BCUT2D eigenvalue weighted by Crippen LogP contribution is -3.13. The fraction of sp³-hybridized carbons (Fsp3) is 0.400. The minimum Gasteiger partial charge on any atom is -0.466 e. The molecule has 3 heterocycles. The van der Waals surface area contributed by atoms with E-state index in [1.165, 1.54) is 16.2 Å². The fourth-order valence-electron chi connectivity index (χ4n) is 3.65. The second-order valence-corrected chi connectivity index (χ2v) is 7.61. The number of nitrogens with zero attached hydrogens (tertiary/aromatic N) is 3. The van der Waals surface area contributed by atoms with Gasteiger partial charge in [0.25, 0.3) is 11.8 Å². The summed E-state index contributed by atoms with van der Waals surface area (Å²) in [6.45, 7) is 10.7. The third-order valence-electron chi connectivity index (χ3n) is 5.12. The van der Waals surface area contributed by atoms with Gasteiger partial charge in [-0.15, -0.1) is 10.2 Å². The van der Waals surface area contributed by atoms with E-state index in [4.69, 9.17) is 20.4 Å². The first-order chi connectivity index (χ1) is 13.0. The summed E-state index contributed by atoms with van der Waals surface area (Å²) in [7, 11) is 0. The highest BCUT2D eigenvalue weighted by molar-refractivity contribution is 6.30. The summed E-state index contributed by atoms with van der Waals surface area (Å²) in [5, 5.41) is 9.21. The Morgan fingerprint density at radius 1 is 1.07 bits per heavy atom. The van der Waals surface area contributed by atoms with Crippen molar-refractivity contribution in [3.8, 4) is 11.5 Å². The number of quaternary nitrogens is 1. The second kappa shape index (κ2) is 7.37. The van der Waals surface area contributed by atoms with Crippen LogP contribution in [-0.2, 0) is 6.54 Å². The summed E-state index contributed by atoms with van der Waals surface area (Å²) in [5.41, 5.74) is 3.37. The lowest BCUT2D eigenvalue weighted by molar-refractivity contribution is -0.915. The maximum absolute atomic E-state index is 6.17. The average molecular weight is 388 g/mol. The maximum atomic E-state index is 6.17. The minimum atomic E-state index is 0.534. The summed E-state index contributed by atoms with van der Waals surface area (Å²) in [4.78, 5) is 3.85. The van der Waals surface area contributed by atoms with Gasteiger partial charge in [-0.1, -0.05) is 17.7 Å². The van der Waals surface area contributed by atoms with Crippen LogP contribution >= 0.6 is 11.6 Å². The third-order valence-corrected chi connectivity index (χ3v) is 5.36. The van der Waals surface area contributed by atoms with E-state index in [0.717, 1.165) is 54.8 Å². The lowest BCUT2D eigenvalue weighted by atomic mass is 10.1. The van der Waals surface area contributed by atoms with E-state index in [0.29, 0.717) is 11.8 Å². The first-order valence-corrected chi connectivity index (χ1v) is 9.62. The molecule has 0 spiro atoms. The monoisotopic (exact) mass is 387 g/mol. The van der Waals surface area contributed by atoms with Crippen molar-refractivity contribution in [3.05, 3.63) is 52.3 Å². The number of benzene rings is 1. The number of hydrogen-bond donors (Lipinski definition) is 1. The Kier molecular flexibility index (Phi) is 4.93. The number of furan rings is 1. The minimum absolute atomic E-state index is 0.534. The summed E-state index contributed by atoms with van der Waals surface area (Å²) >= 11 is 6.17. The summed E-state index contributed by atoms with van der Waals surface area (Å²) in [5.74, 6) is 2.86. The predicted octanol–water partition coefficient (Wildman–Crippen LogP) is 2.81. The van der Waals surface area contributed by atoms with E-state index in [-0.39, 0.29) is 0 Å². The van der Waals surface area contributed by atoms with Crippen molar-refractivity contribution in [2.75, 3.05) is 31.1 Å². The van der Waals surface area contributed by atoms with Crippen LogP contribution in [0, 0.1) is 20.8 Å². The molecule has 7 heteroatoms. The molecule has 0 radical (unpaired) electrons. The molecule has 1 fully saturated rings. The maximum Gasteiger partial charge on any atom is 0.271 e. The van der Waals surface area contributed by atoms with Crippen LogP contribution in [0.3, 0.4) is 0 Å². The highest BCUT2D eigenvalue weighted by Crippen LogP contribution is 2.26. The highest BCUT2D eigenvalue weighted by Gasteiger charge is 2.24. The topological polar surface area (TPSA) is 59.7 Å². The smallest absolute Gasteiger partial charge is 0.271 e. The Morgan fingerprint density at radius 2 is 1.85 bits per heavy atom. The molecule has 3 aromatic rings. The van der Waals surface area contributed by atoms with Crippen LogP contribution in [0.15, 0.2) is 33.1 Å². The van der Waals surface area contributed by atoms with Gasteiger partial charge < -0.3 is 18.6 Å². The normalized spacial score (nSPS) is 15.5. The zero-order valence-corrected chi connectivity index (χ0v) is 16.6. The van der Waals surface area contributed by atoms with Crippen LogP contribution in [0.2, 0.25) is 5.02 Å². The number of aromatic nitrogens is 2. The van der Waals surface area contributed by atoms with Gasteiger partial charge in [-0.25, -0.2) is 0 Å². The molecule has 2 aromatic heterocycles. The molecule has 0 bridgehead atoms. The Labute approximate surface area is 163 Å². The van der Waals surface area contributed by atoms with Crippen molar-refractivity contribution in [2.24, 2.45) is 0 Å². The Bertz CT molecular complexity index is 941. The molecule has 0 unspecified atom stereocenters. The molecule has 142 valence electrons. The van der Waals surface area contributed by atoms with E-state index < -0.39 is 0 Å². The number of nitrogens with one attached hydrogen (secondary N) is 1. The van der Waals surface area contributed by atoms with Crippen molar-refractivity contribution >= 4 is 17.3 Å². The molecule has 27 heavy (non-hydrogen) atoms. The van der Waals surface area contributed by atoms with Gasteiger partial charge in [-0.3, -0.25) is 0 Å². The highest BCUT2D eigenvalue weighted by atomic mass is 35.5. The molecule has 0 amide bonds. The Morgan fingerprint density at radius 3 is 2.56 bits per heavy atom. The molecule has 6 nitrogen and oxygen atoms in total. The van der Waals surface area contributed by atoms with E-state index in [9.17, 15) is 0 Å². The fourth-order valence-corrected chi connectivity index (χ4v) is 3.82. The SMILES string of the molecule is Cc1cc(-c2nnc(C[NH+]3CCN(c4cc(Cl)ccc4C)CC3)o2)c(C)o1. The average Bonchev–Trinajstić information content (AvgIpc) is 3.23. The van der Waals surface area contributed by atoms with E-state index in [1.807, 2.05) is 26.0 Å². The molecule has 0 atom stereocenters. The van der Waals surface area contributed by atoms with Crippen LogP contribution in [0.4, 0.5) is 5.69 Å².